The summed E-state index contributed by atoms with van der Waals surface area (Å²) in [6.45, 7) is 14.7. The molecule has 0 radical (unpaired) electrons. The third-order valence-corrected chi connectivity index (χ3v) is 5.38. The molecule has 0 spiro atoms. The molecule has 1 unspecified atom stereocenters. The molecule has 0 heterocycles. The highest BCUT2D eigenvalue weighted by molar-refractivity contribution is 5.71. The third-order valence-electron chi connectivity index (χ3n) is 5.38. The number of hydrogen-bond donors (Lipinski definition) is 0. The van der Waals surface area contributed by atoms with Gasteiger partial charge in [0.2, 0.25) is 0 Å². The molecule has 29 heavy (non-hydrogen) atoms. The normalized spacial score (nSPS) is 12.6. The van der Waals surface area contributed by atoms with Crippen LogP contribution in [0, 0.1) is 11.8 Å². The second kappa shape index (κ2) is 10.4. The minimum atomic E-state index is -0.155. The van der Waals surface area contributed by atoms with Crippen LogP contribution in [0.2, 0.25) is 0 Å². The van der Waals surface area contributed by atoms with Crippen LogP contribution in [0.15, 0.2) is 61.2 Å². The second-order valence-electron chi connectivity index (χ2n) is 9.17. The van der Waals surface area contributed by atoms with E-state index < -0.39 is 0 Å². The molecule has 1 atom stereocenters. The number of carbonyl (C=O) groups is 1. The zero-order valence-corrected chi connectivity index (χ0v) is 18.7. The fraction of sp³-hybridized carbons (Fsp3) is 0.444. The molecule has 0 aromatic heterocycles. The largest absolute Gasteiger partial charge is 0.461 e. The summed E-state index contributed by atoms with van der Waals surface area (Å²) in [4.78, 5) is 11.7. The van der Waals surface area contributed by atoms with E-state index in [-0.39, 0.29) is 17.3 Å². The molecule has 0 bridgehead atoms. The Bertz CT molecular complexity index is 800. The van der Waals surface area contributed by atoms with Crippen LogP contribution >= 0.6 is 0 Å². The summed E-state index contributed by atoms with van der Waals surface area (Å²) in [6, 6.07) is 17.4. The van der Waals surface area contributed by atoms with E-state index in [4.69, 9.17) is 4.74 Å². The number of ether oxygens (including phenoxy) is 1. The van der Waals surface area contributed by atoms with E-state index >= 15 is 0 Å². The molecule has 2 rings (SSSR count). The Morgan fingerprint density at radius 3 is 2.31 bits per heavy atom. The van der Waals surface area contributed by atoms with Gasteiger partial charge in [0, 0.05) is 0 Å². The predicted molar refractivity (Wildman–Crippen MR) is 122 cm³/mol. The van der Waals surface area contributed by atoms with Crippen LogP contribution in [-0.2, 0) is 34.4 Å². The zero-order valence-electron chi connectivity index (χ0n) is 18.7. The van der Waals surface area contributed by atoms with Crippen molar-refractivity contribution in [3.63, 3.8) is 0 Å². The predicted octanol–water partition coefficient (Wildman–Crippen LogP) is 6.66. The third kappa shape index (κ3) is 7.20. The second-order valence-corrected chi connectivity index (χ2v) is 9.17. The van der Waals surface area contributed by atoms with E-state index in [9.17, 15) is 4.79 Å². The molecule has 2 nitrogen and oxygen atoms in total. The lowest BCUT2D eigenvalue weighted by atomic mass is 9.78. The fourth-order valence-electron chi connectivity index (χ4n) is 3.58. The molecular weight excluding hydrogens is 356 g/mol. The minimum absolute atomic E-state index is 0.00425. The van der Waals surface area contributed by atoms with Crippen molar-refractivity contribution in [2.45, 2.75) is 65.9 Å². The fourth-order valence-corrected chi connectivity index (χ4v) is 3.58. The quantitative estimate of drug-likeness (QED) is 0.334. The number of rotatable bonds is 10. The van der Waals surface area contributed by atoms with E-state index in [1.54, 1.807) is 0 Å². The summed E-state index contributed by atoms with van der Waals surface area (Å²) in [5.74, 6) is 0.372. The highest BCUT2D eigenvalue weighted by atomic mass is 16.5. The zero-order chi connectivity index (χ0) is 21.4. The van der Waals surface area contributed by atoms with E-state index in [0.29, 0.717) is 12.5 Å². The molecular formula is C27H36O2. The number of hydrogen-bond acceptors (Lipinski definition) is 2. The molecule has 2 aromatic carbocycles. The topological polar surface area (TPSA) is 26.3 Å². The lowest BCUT2D eigenvalue weighted by molar-refractivity contribution is -0.148. The monoisotopic (exact) mass is 392 g/mol. The number of esters is 1. The van der Waals surface area contributed by atoms with Crippen molar-refractivity contribution >= 4 is 5.97 Å². The van der Waals surface area contributed by atoms with Crippen molar-refractivity contribution in [2.24, 2.45) is 11.8 Å². The van der Waals surface area contributed by atoms with E-state index in [0.717, 1.165) is 24.8 Å². The van der Waals surface area contributed by atoms with Crippen molar-refractivity contribution in [3.8, 4) is 0 Å². The molecule has 0 N–H and O–H groups in total. The number of benzene rings is 2. The summed E-state index contributed by atoms with van der Waals surface area (Å²) in [5.41, 5.74) is 5.02. The smallest absolute Gasteiger partial charge is 0.308 e. The van der Waals surface area contributed by atoms with Gasteiger partial charge in [-0.15, -0.1) is 6.58 Å². The van der Waals surface area contributed by atoms with Gasteiger partial charge < -0.3 is 4.74 Å². The first-order valence-corrected chi connectivity index (χ1v) is 10.7. The molecule has 156 valence electrons. The maximum Gasteiger partial charge on any atom is 0.308 e. The number of allylic oxidation sites excluding steroid dienone is 1. The first-order chi connectivity index (χ1) is 13.7. The van der Waals surface area contributed by atoms with Gasteiger partial charge in [0.05, 0.1) is 5.92 Å². The van der Waals surface area contributed by atoms with Crippen LogP contribution < -0.4 is 0 Å². The van der Waals surface area contributed by atoms with Gasteiger partial charge in [-0.3, -0.25) is 4.79 Å². The lowest BCUT2D eigenvalue weighted by Crippen LogP contribution is -2.21. The molecule has 0 aliphatic carbocycles. The molecule has 0 aliphatic rings. The molecule has 2 aromatic rings. The van der Waals surface area contributed by atoms with Crippen LogP contribution in [0.1, 0.15) is 63.3 Å². The van der Waals surface area contributed by atoms with Crippen molar-refractivity contribution in [3.05, 3.63) is 83.4 Å². The molecule has 2 heteroatoms. The summed E-state index contributed by atoms with van der Waals surface area (Å²) in [6.07, 6.45) is 5.11. The van der Waals surface area contributed by atoms with Crippen LogP contribution in [0.3, 0.4) is 0 Å². The van der Waals surface area contributed by atoms with Gasteiger partial charge >= 0.3 is 5.97 Å². The van der Waals surface area contributed by atoms with Gasteiger partial charge in [0.25, 0.3) is 0 Å². The highest BCUT2D eigenvalue weighted by Crippen LogP contribution is 2.29. The van der Waals surface area contributed by atoms with Crippen LogP contribution in [0.4, 0.5) is 0 Å². The average Bonchev–Trinajstić information content (AvgIpc) is 2.67. The van der Waals surface area contributed by atoms with Gasteiger partial charge in [-0.05, 0) is 52.8 Å². The Kier molecular flexibility index (Phi) is 8.25. The Hall–Kier alpha value is -2.35. The minimum Gasteiger partial charge on any atom is -0.461 e. The summed E-state index contributed by atoms with van der Waals surface area (Å²) >= 11 is 0. The molecule has 0 fully saturated rings. The Balaban J connectivity index is 2.04. The van der Waals surface area contributed by atoms with Crippen LogP contribution in [0.25, 0.3) is 0 Å². The summed E-state index contributed by atoms with van der Waals surface area (Å²) in [7, 11) is 0. The van der Waals surface area contributed by atoms with Gasteiger partial charge in [-0.1, -0.05) is 89.2 Å². The standard InChI is InChI=1S/C27H36O2/c1-7-9-21(4)16-22-12-14-23(15-13-22)18-27(5,6)25-11-8-10-24(17-25)19-29-26(28)20(2)3/h7-8,10-15,17,20-21H,1,9,16,18-19H2,2-6H3. The molecule has 0 saturated heterocycles. The van der Waals surface area contributed by atoms with Crippen LogP contribution in [0.5, 0.6) is 0 Å². The van der Waals surface area contributed by atoms with E-state index in [2.05, 4.69) is 69.8 Å². The Labute approximate surface area is 177 Å². The average molecular weight is 393 g/mol. The van der Waals surface area contributed by atoms with Crippen molar-refractivity contribution in [2.75, 3.05) is 0 Å². The molecule has 0 aliphatic heterocycles. The van der Waals surface area contributed by atoms with Crippen molar-refractivity contribution in [1.29, 1.82) is 0 Å². The van der Waals surface area contributed by atoms with Gasteiger partial charge in [-0.25, -0.2) is 0 Å². The van der Waals surface area contributed by atoms with Gasteiger partial charge in [0.15, 0.2) is 0 Å². The number of carbonyl (C=O) groups excluding carboxylic acids is 1. The first kappa shape index (κ1) is 22.9. The first-order valence-electron chi connectivity index (χ1n) is 10.7. The molecule has 0 amide bonds. The maximum absolute atomic E-state index is 11.7. The highest BCUT2D eigenvalue weighted by Gasteiger charge is 2.22. The van der Waals surface area contributed by atoms with Gasteiger partial charge in [-0.2, -0.15) is 0 Å². The Morgan fingerprint density at radius 1 is 1.03 bits per heavy atom. The van der Waals surface area contributed by atoms with Gasteiger partial charge in [0.1, 0.15) is 6.61 Å². The van der Waals surface area contributed by atoms with Crippen molar-refractivity contribution < 1.29 is 9.53 Å². The Morgan fingerprint density at radius 2 is 1.69 bits per heavy atom. The molecule has 0 saturated carbocycles. The van der Waals surface area contributed by atoms with E-state index in [1.165, 1.54) is 16.7 Å². The lowest BCUT2D eigenvalue weighted by Gasteiger charge is -2.26. The van der Waals surface area contributed by atoms with Crippen molar-refractivity contribution in [1.82, 2.24) is 0 Å². The summed E-state index contributed by atoms with van der Waals surface area (Å²) in [5, 5.41) is 0. The van der Waals surface area contributed by atoms with Crippen LogP contribution in [-0.4, -0.2) is 5.97 Å². The van der Waals surface area contributed by atoms with E-state index in [1.807, 2.05) is 26.0 Å². The maximum atomic E-state index is 11.7. The summed E-state index contributed by atoms with van der Waals surface area (Å²) < 4.78 is 5.39. The SMILES string of the molecule is C=CCC(C)Cc1ccc(CC(C)(C)c2cccc(COC(=O)C(C)C)c2)cc1.